The fourth-order valence-corrected chi connectivity index (χ4v) is 0.555. The zero-order chi connectivity index (χ0) is 8.48. The van der Waals surface area contributed by atoms with Crippen LogP contribution in [-0.4, -0.2) is 15.3 Å². The Labute approximate surface area is 64.3 Å². The number of hydrogen-bond donors (Lipinski definition) is 1. The molecule has 0 aliphatic carbocycles. The number of rotatable bonds is 1. The molecule has 58 valence electrons. The van der Waals surface area contributed by atoms with Gasteiger partial charge >= 0.3 is 0 Å². The Bertz CT molecular complexity index is 296. The average Bonchev–Trinajstić information content (AvgIpc) is 2.36. The molecule has 4 heteroatoms. The summed E-state index contributed by atoms with van der Waals surface area (Å²) in [5.41, 5.74) is -1.46. The van der Waals surface area contributed by atoms with E-state index in [4.69, 9.17) is 10.8 Å². The Kier molecular flexibility index (Phi) is 1.67. The topological polar surface area (TPSA) is 59.2 Å². The van der Waals surface area contributed by atoms with Gasteiger partial charge in [-0.3, -0.25) is 0 Å². The van der Waals surface area contributed by atoms with E-state index in [1.165, 1.54) is 6.92 Å². The maximum absolute atomic E-state index is 9.38. The monoisotopic (exact) mass is 152 g/mol. The van der Waals surface area contributed by atoms with Gasteiger partial charge in [0.2, 0.25) is 11.5 Å². The summed E-state index contributed by atoms with van der Waals surface area (Å²) in [4.78, 5) is 0. The number of nitrogens with zero attached hydrogens (tertiary/aromatic N) is 2. The third-order valence-electron chi connectivity index (χ3n) is 1.22. The minimum Gasteiger partial charge on any atom is -0.421 e. The Morgan fingerprint density at radius 2 is 2.27 bits per heavy atom. The summed E-state index contributed by atoms with van der Waals surface area (Å²) in [7, 11) is 0. The lowest BCUT2D eigenvalue weighted by atomic mass is 10.1. The van der Waals surface area contributed by atoms with Gasteiger partial charge < -0.3 is 9.52 Å². The van der Waals surface area contributed by atoms with E-state index < -0.39 is 5.60 Å². The number of aliphatic hydroxyl groups is 1. The molecule has 1 rings (SSSR count). The molecule has 0 aromatic carbocycles. The van der Waals surface area contributed by atoms with Crippen LogP contribution < -0.4 is 0 Å². The van der Waals surface area contributed by atoms with E-state index in [0.717, 1.165) is 0 Å². The lowest BCUT2D eigenvalue weighted by molar-refractivity contribution is 0.0883. The number of aromatic nitrogens is 2. The van der Waals surface area contributed by atoms with Crippen LogP contribution in [0.2, 0.25) is 0 Å². The molecule has 0 saturated carbocycles. The lowest BCUT2D eigenvalue weighted by Crippen LogP contribution is -2.18. The summed E-state index contributed by atoms with van der Waals surface area (Å²) in [5, 5.41) is 16.5. The van der Waals surface area contributed by atoms with Gasteiger partial charge in [-0.15, -0.1) is 16.6 Å². The van der Waals surface area contributed by atoms with E-state index in [1.807, 2.05) is 0 Å². The molecule has 0 aliphatic heterocycles. The number of aryl methyl sites for hydroxylation is 1. The second-order valence-electron chi connectivity index (χ2n) is 2.34. The van der Waals surface area contributed by atoms with E-state index in [1.54, 1.807) is 6.92 Å². The van der Waals surface area contributed by atoms with Crippen molar-refractivity contribution in [3.05, 3.63) is 11.8 Å². The summed E-state index contributed by atoms with van der Waals surface area (Å²) >= 11 is 0. The summed E-state index contributed by atoms with van der Waals surface area (Å²) in [5.74, 6) is 2.57. The number of hydrogen-bond acceptors (Lipinski definition) is 4. The first-order chi connectivity index (χ1) is 5.06. The van der Waals surface area contributed by atoms with Crippen LogP contribution in [0, 0.1) is 19.3 Å². The van der Waals surface area contributed by atoms with Crippen molar-refractivity contribution in [2.24, 2.45) is 0 Å². The first-order valence-corrected chi connectivity index (χ1v) is 3.07. The van der Waals surface area contributed by atoms with Gasteiger partial charge in [-0.1, -0.05) is 5.92 Å². The van der Waals surface area contributed by atoms with Crippen LogP contribution in [0.15, 0.2) is 4.42 Å². The van der Waals surface area contributed by atoms with Crippen LogP contribution in [0.4, 0.5) is 0 Å². The van der Waals surface area contributed by atoms with Gasteiger partial charge in [-0.25, -0.2) is 0 Å². The average molecular weight is 152 g/mol. The van der Waals surface area contributed by atoms with Crippen molar-refractivity contribution in [3.8, 4) is 12.3 Å². The van der Waals surface area contributed by atoms with Crippen LogP contribution >= 0.6 is 0 Å². The molecule has 1 N–H and O–H groups in total. The van der Waals surface area contributed by atoms with Gasteiger partial charge in [0.25, 0.3) is 5.89 Å². The highest BCUT2D eigenvalue weighted by atomic mass is 16.4. The van der Waals surface area contributed by atoms with Crippen molar-refractivity contribution >= 4 is 0 Å². The summed E-state index contributed by atoms with van der Waals surface area (Å²) in [6, 6.07) is 0. The second-order valence-corrected chi connectivity index (χ2v) is 2.34. The predicted octanol–water partition coefficient (Wildman–Crippen LogP) is 0.219. The van der Waals surface area contributed by atoms with Crippen molar-refractivity contribution in [1.82, 2.24) is 10.2 Å². The molecule has 4 nitrogen and oxygen atoms in total. The number of terminal acetylenes is 1. The molecule has 1 heterocycles. The highest BCUT2D eigenvalue weighted by molar-refractivity contribution is 5.12. The zero-order valence-electron chi connectivity index (χ0n) is 6.33. The van der Waals surface area contributed by atoms with Crippen molar-refractivity contribution in [2.75, 3.05) is 0 Å². The third kappa shape index (κ3) is 1.38. The molecular formula is C7H8N2O2. The molecule has 11 heavy (non-hydrogen) atoms. The van der Waals surface area contributed by atoms with E-state index in [0.29, 0.717) is 5.89 Å². The highest BCUT2D eigenvalue weighted by Crippen LogP contribution is 2.16. The zero-order valence-corrected chi connectivity index (χ0v) is 6.33. The van der Waals surface area contributed by atoms with Gasteiger partial charge in [0.1, 0.15) is 0 Å². The largest absolute Gasteiger partial charge is 0.421 e. The summed E-state index contributed by atoms with van der Waals surface area (Å²) < 4.78 is 4.92. The fraction of sp³-hybridized carbons (Fsp3) is 0.429. The fourth-order valence-electron chi connectivity index (χ4n) is 0.555. The lowest BCUT2D eigenvalue weighted by Gasteiger charge is -2.08. The molecule has 1 aromatic heterocycles. The minimum absolute atomic E-state index is 0.0532. The predicted molar refractivity (Wildman–Crippen MR) is 37.4 cm³/mol. The molecule has 0 fully saturated rings. The van der Waals surface area contributed by atoms with Crippen LogP contribution in [-0.2, 0) is 5.60 Å². The van der Waals surface area contributed by atoms with Crippen LogP contribution in [0.25, 0.3) is 0 Å². The Hall–Kier alpha value is -1.34. The first-order valence-electron chi connectivity index (χ1n) is 3.07. The van der Waals surface area contributed by atoms with Gasteiger partial charge in [0.05, 0.1) is 0 Å². The molecule has 0 bridgehead atoms. The normalized spacial score (nSPS) is 15.5. The van der Waals surface area contributed by atoms with Gasteiger partial charge in [-0.05, 0) is 6.92 Å². The maximum atomic E-state index is 9.38. The van der Waals surface area contributed by atoms with Crippen molar-refractivity contribution in [3.63, 3.8) is 0 Å². The van der Waals surface area contributed by atoms with Crippen LogP contribution in [0.5, 0.6) is 0 Å². The van der Waals surface area contributed by atoms with Crippen LogP contribution in [0.3, 0.4) is 0 Å². The molecule has 0 unspecified atom stereocenters. The molecular weight excluding hydrogens is 144 g/mol. The Balaban J connectivity index is 3.04. The Morgan fingerprint density at radius 3 is 2.64 bits per heavy atom. The Morgan fingerprint density at radius 1 is 1.64 bits per heavy atom. The van der Waals surface area contributed by atoms with E-state index >= 15 is 0 Å². The van der Waals surface area contributed by atoms with E-state index in [-0.39, 0.29) is 5.89 Å². The van der Waals surface area contributed by atoms with Gasteiger partial charge in [-0.2, -0.15) is 0 Å². The second kappa shape index (κ2) is 2.36. The SMILES string of the molecule is C#C[C@](C)(O)c1nnc(C)o1. The van der Waals surface area contributed by atoms with Crippen molar-refractivity contribution in [1.29, 1.82) is 0 Å². The van der Waals surface area contributed by atoms with Gasteiger partial charge in [0.15, 0.2) is 0 Å². The minimum atomic E-state index is -1.46. The van der Waals surface area contributed by atoms with Crippen LogP contribution in [0.1, 0.15) is 18.7 Å². The molecule has 1 aromatic rings. The molecule has 0 radical (unpaired) electrons. The maximum Gasteiger partial charge on any atom is 0.260 e. The summed E-state index contributed by atoms with van der Waals surface area (Å²) in [6.07, 6.45) is 5.02. The molecule has 0 saturated heterocycles. The van der Waals surface area contributed by atoms with E-state index in [9.17, 15) is 5.11 Å². The summed E-state index contributed by atoms with van der Waals surface area (Å²) in [6.45, 7) is 3.04. The highest BCUT2D eigenvalue weighted by Gasteiger charge is 2.26. The van der Waals surface area contributed by atoms with E-state index in [2.05, 4.69) is 16.1 Å². The molecule has 0 aliphatic rings. The first kappa shape index (κ1) is 7.76. The quantitative estimate of drug-likeness (QED) is 0.585. The standard InChI is InChI=1S/C7H8N2O2/c1-4-7(3,10)6-9-8-5(2)11-6/h1,10H,2-3H3/t7-/m0/s1. The molecule has 0 spiro atoms. The van der Waals surface area contributed by atoms with Gasteiger partial charge in [0, 0.05) is 6.92 Å². The molecule has 0 amide bonds. The van der Waals surface area contributed by atoms with Crippen molar-refractivity contribution in [2.45, 2.75) is 19.4 Å². The smallest absolute Gasteiger partial charge is 0.260 e. The third-order valence-corrected chi connectivity index (χ3v) is 1.22. The van der Waals surface area contributed by atoms with Crippen molar-refractivity contribution < 1.29 is 9.52 Å². The molecule has 1 atom stereocenters.